The molecule has 2 N–H and O–H groups in total. The lowest BCUT2D eigenvalue weighted by Crippen LogP contribution is -2.38. The molecule has 0 bridgehead atoms. The zero-order chi connectivity index (χ0) is 15.7. The fourth-order valence-electron chi connectivity index (χ4n) is 1.68. The van der Waals surface area contributed by atoms with Crippen molar-refractivity contribution in [3.63, 3.8) is 0 Å². The first-order chi connectivity index (χ1) is 9.71. The Balaban J connectivity index is 2.18. The van der Waals surface area contributed by atoms with Crippen molar-refractivity contribution in [3.05, 3.63) is 52.2 Å². The quantitative estimate of drug-likeness (QED) is 0.882. The Morgan fingerprint density at radius 3 is 2.43 bits per heavy atom. The maximum atomic E-state index is 13.1. The Labute approximate surface area is 125 Å². The van der Waals surface area contributed by atoms with Gasteiger partial charge in [-0.15, -0.1) is 0 Å². The maximum absolute atomic E-state index is 13.1. The van der Waals surface area contributed by atoms with Gasteiger partial charge in [0.1, 0.15) is 17.2 Å². The summed E-state index contributed by atoms with van der Waals surface area (Å²) in [6.07, 6.45) is 0. The molecule has 0 saturated heterocycles. The van der Waals surface area contributed by atoms with Crippen LogP contribution in [-0.2, 0) is 15.6 Å². The summed E-state index contributed by atoms with van der Waals surface area (Å²) in [5, 5.41) is 13.7. The highest BCUT2D eigenvalue weighted by atomic mass is 32.2. The van der Waals surface area contributed by atoms with E-state index in [-0.39, 0.29) is 6.54 Å². The van der Waals surface area contributed by atoms with Crippen molar-refractivity contribution in [1.29, 1.82) is 0 Å². The first-order valence-corrected chi connectivity index (χ1v) is 8.34. The van der Waals surface area contributed by atoms with Gasteiger partial charge in [-0.2, -0.15) is 11.3 Å². The first kappa shape index (κ1) is 16.0. The van der Waals surface area contributed by atoms with E-state index in [0.717, 1.165) is 0 Å². The molecule has 1 heterocycles. The van der Waals surface area contributed by atoms with Crippen LogP contribution in [0.2, 0.25) is 0 Å². The van der Waals surface area contributed by atoms with E-state index < -0.39 is 32.2 Å². The highest BCUT2D eigenvalue weighted by Crippen LogP contribution is 2.23. The Morgan fingerprint density at radius 2 is 1.90 bits per heavy atom. The summed E-state index contributed by atoms with van der Waals surface area (Å²) in [4.78, 5) is -0.527. The van der Waals surface area contributed by atoms with E-state index in [9.17, 15) is 22.3 Å². The average molecular weight is 333 g/mol. The summed E-state index contributed by atoms with van der Waals surface area (Å²) in [7, 11) is -4.12. The van der Waals surface area contributed by atoms with Crippen molar-refractivity contribution >= 4 is 21.4 Å². The molecular weight excluding hydrogens is 320 g/mol. The lowest BCUT2D eigenvalue weighted by atomic mass is 10.0. The van der Waals surface area contributed by atoms with Gasteiger partial charge >= 0.3 is 0 Å². The van der Waals surface area contributed by atoms with Crippen LogP contribution in [-0.4, -0.2) is 20.1 Å². The summed E-state index contributed by atoms with van der Waals surface area (Å²) in [5.74, 6) is -1.97. The molecule has 8 heteroatoms. The molecule has 2 rings (SSSR count). The molecule has 21 heavy (non-hydrogen) atoms. The second-order valence-corrected chi connectivity index (χ2v) is 7.26. The number of thiophene rings is 1. The number of hydrogen-bond acceptors (Lipinski definition) is 4. The van der Waals surface area contributed by atoms with Crippen LogP contribution in [0.4, 0.5) is 8.78 Å². The fourth-order valence-corrected chi connectivity index (χ4v) is 3.63. The van der Waals surface area contributed by atoms with Crippen molar-refractivity contribution < 1.29 is 22.3 Å². The molecule has 0 aliphatic heterocycles. The monoisotopic (exact) mass is 333 g/mol. The molecule has 1 unspecified atom stereocenters. The van der Waals surface area contributed by atoms with E-state index in [2.05, 4.69) is 4.72 Å². The maximum Gasteiger partial charge on any atom is 0.240 e. The van der Waals surface area contributed by atoms with Crippen molar-refractivity contribution in [3.8, 4) is 0 Å². The molecular formula is C13H13F2NO3S2. The van der Waals surface area contributed by atoms with E-state index >= 15 is 0 Å². The van der Waals surface area contributed by atoms with Crippen LogP contribution in [0, 0.1) is 11.6 Å². The Bertz CT molecular complexity index is 708. The van der Waals surface area contributed by atoms with Gasteiger partial charge in [0.25, 0.3) is 0 Å². The van der Waals surface area contributed by atoms with Crippen LogP contribution in [0.15, 0.2) is 39.9 Å². The van der Waals surface area contributed by atoms with Gasteiger partial charge in [0, 0.05) is 12.6 Å². The lowest BCUT2D eigenvalue weighted by Gasteiger charge is -2.22. The SMILES string of the molecule is CC(O)(CNS(=O)(=O)c1cc(F)cc(F)c1)c1ccsc1. The number of nitrogens with one attached hydrogen (secondary N) is 1. The van der Waals surface area contributed by atoms with Crippen LogP contribution in [0.5, 0.6) is 0 Å². The van der Waals surface area contributed by atoms with Crippen LogP contribution < -0.4 is 4.72 Å². The van der Waals surface area contributed by atoms with Crippen LogP contribution in [0.3, 0.4) is 0 Å². The van der Waals surface area contributed by atoms with Crippen molar-refractivity contribution in [1.82, 2.24) is 4.72 Å². The number of rotatable bonds is 5. The van der Waals surface area contributed by atoms with Crippen LogP contribution >= 0.6 is 11.3 Å². The lowest BCUT2D eigenvalue weighted by molar-refractivity contribution is 0.0632. The first-order valence-electron chi connectivity index (χ1n) is 5.91. The third-order valence-electron chi connectivity index (χ3n) is 2.90. The van der Waals surface area contributed by atoms with Crippen molar-refractivity contribution in [2.75, 3.05) is 6.54 Å². The Kier molecular flexibility index (Phi) is 4.43. The molecule has 0 radical (unpaired) electrons. The van der Waals surface area contributed by atoms with E-state index in [1.54, 1.807) is 16.8 Å². The minimum absolute atomic E-state index is 0.315. The van der Waals surface area contributed by atoms with Gasteiger partial charge in [-0.25, -0.2) is 21.9 Å². The molecule has 114 valence electrons. The zero-order valence-electron chi connectivity index (χ0n) is 11.0. The molecule has 1 atom stereocenters. The van der Waals surface area contributed by atoms with Crippen molar-refractivity contribution in [2.24, 2.45) is 0 Å². The molecule has 0 amide bonds. The number of halogens is 2. The fraction of sp³-hybridized carbons (Fsp3) is 0.231. The molecule has 0 aliphatic carbocycles. The third kappa shape index (κ3) is 3.85. The number of sulfonamides is 1. The van der Waals surface area contributed by atoms with E-state index in [0.29, 0.717) is 23.8 Å². The Morgan fingerprint density at radius 1 is 1.29 bits per heavy atom. The van der Waals surface area contributed by atoms with Gasteiger partial charge < -0.3 is 5.11 Å². The van der Waals surface area contributed by atoms with E-state index in [4.69, 9.17) is 0 Å². The molecule has 1 aromatic carbocycles. The second-order valence-electron chi connectivity index (χ2n) is 4.72. The largest absolute Gasteiger partial charge is 0.384 e. The van der Waals surface area contributed by atoms with Gasteiger partial charge in [0.2, 0.25) is 10.0 Å². The van der Waals surface area contributed by atoms with Crippen LogP contribution in [0.25, 0.3) is 0 Å². The highest BCUT2D eigenvalue weighted by molar-refractivity contribution is 7.89. The van der Waals surface area contributed by atoms with Gasteiger partial charge in [0.05, 0.1) is 4.90 Å². The van der Waals surface area contributed by atoms with E-state index in [1.165, 1.54) is 18.3 Å². The summed E-state index contributed by atoms with van der Waals surface area (Å²) in [6.45, 7) is 1.13. The minimum Gasteiger partial charge on any atom is -0.384 e. The molecule has 4 nitrogen and oxygen atoms in total. The molecule has 2 aromatic rings. The topological polar surface area (TPSA) is 66.4 Å². The summed E-state index contributed by atoms with van der Waals surface area (Å²) < 4.78 is 52.3. The number of hydrogen-bond donors (Lipinski definition) is 2. The smallest absolute Gasteiger partial charge is 0.240 e. The van der Waals surface area contributed by atoms with Crippen molar-refractivity contribution in [2.45, 2.75) is 17.4 Å². The van der Waals surface area contributed by atoms with Gasteiger partial charge in [-0.05, 0) is 41.4 Å². The standard InChI is InChI=1S/C13H13F2NO3S2/c1-13(17,9-2-3-20-7-9)8-16-21(18,19)12-5-10(14)4-11(15)6-12/h2-7,16-17H,8H2,1H3. The Hall–Kier alpha value is -1.35. The summed E-state index contributed by atoms with van der Waals surface area (Å²) in [6, 6.07) is 3.68. The summed E-state index contributed by atoms with van der Waals surface area (Å²) >= 11 is 1.36. The minimum atomic E-state index is -4.12. The number of aliphatic hydroxyl groups is 1. The van der Waals surface area contributed by atoms with Crippen LogP contribution in [0.1, 0.15) is 12.5 Å². The predicted molar refractivity (Wildman–Crippen MR) is 75.4 cm³/mol. The molecule has 0 fully saturated rings. The van der Waals surface area contributed by atoms with Gasteiger partial charge in [-0.1, -0.05) is 0 Å². The van der Waals surface area contributed by atoms with E-state index in [1.807, 2.05) is 0 Å². The average Bonchev–Trinajstić information content (AvgIpc) is 2.90. The third-order valence-corrected chi connectivity index (χ3v) is 4.96. The predicted octanol–water partition coefficient (Wildman–Crippen LogP) is 2.21. The number of benzene rings is 1. The zero-order valence-corrected chi connectivity index (χ0v) is 12.6. The molecule has 1 aromatic heterocycles. The molecule has 0 saturated carbocycles. The normalized spacial score (nSPS) is 14.9. The molecule has 0 spiro atoms. The van der Waals surface area contributed by atoms with Gasteiger partial charge in [0.15, 0.2) is 0 Å². The second kappa shape index (κ2) is 5.80. The highest BCUT2D eigenvalue weighted by Gasteiger charge is 2.27. The summed E-state index contributed by atoms with van der Waals surface area (Å²) in [5.41, 5.74) is -0.862. The van der Waals surface area contributed by atoms with Gasteiger partial charge in [-0.3, -0.25) is 0 Å². The molecule has 0 aliphatic rings.